The number of nitrogens with zero attached hydrogens (tertiary/aromatic N) is 2. The molecule has 1 aliphatic heterocycles. The van der Waals surface area contributed by atoms with Crippen molar-refractivity contribution in [3.63, 3.8) is 0 Å². The van der Waals surface area contributed by atoms with Crippen LogP contribution in [0.1, 0.15) is 13.8 Å². The van der Waals surface area contributed by atoms with E-state index in [9.17, 15) is 4.79 Å². The van der Waals surface area contributed by atoms with Gasteiger partial charge in [-0.2, -0.15) is 0 Å². The number of carbonyl (C=O) groups is 1. The first-order valence-corrected chi connectivity index (χ1v) is 8.65. The molecular weight excluding hydrogens is 306 g/mol. The summed E-state index contributed by atoms with van der Waals surface area (Å²) in [7, 11) is 1.66. The van der Waals surface area contributed by atoms with Gasteiger partial charge in [0.25, 0.3) is 0 Å². The molecule has 134 valence electrons. The largest absolute Gasteiger partial charge is 0.497 e. The molecular formula is C18H29N3O3. The molecule has 6 heteroatoms. The molecule has 0 aromatic heterocycles. The van der Waals surface area contributed by atoms with Crippen LogP contribution in [0, 0.1) is 0 Å². The van der Waals surface area contributed by atoms with Gasteiger partial charge in [-0.25, -0.2) is 0 Å². The normalized spacial score (nSPS) is 17.3. The number of ether oxygens (including phenoxy) is 2. The highest BCUT2D eigenvalue weighted by molar-refractivity contribution is 5.81. The van der Waals surface area contributed by atoms with Crippen molar-refractivity contribution in [2.75, 3.05) is 53.0 Å². The number of methoxy groups -OCH3 is 1. The number of piperazine rings is 1. The average molecular weight is 335 g/mol. The summed E-state index contributed by atoms with van der Waals surface area (Å²) in [6, 6.07) is 7.59. The number of carbonyl (C=O) groups excluding carboxylic acids is 1. The van der Waals surface area contributed by atoms with E-state index in [2.05, 4.69) is 15.1 Å². The van der Waals surface area contributed by atoms with E-state index in [0.717, 1.165) is 44.2 Å². The van der Waals surface area contributed by atoms with Gasteiger partial charge in [-0.3, -0.25) is 14.6 Å². The lowest BCUT2D eigenvalue weighted by Crippen LogP contribution is -2.54. The Balaban J connectivity index is 1.66. The SMILES string of the molecule is CCNC(=O)[C@H](C)N1CCN(CCOc2ccc(OC)cc2)CC1. The summed E-state index contributed by atoms with van der Waals surface area (Å²) >= 11 is 0. The standard InChI is InChI=1S/C18H29N3O3/c1-4-19-18(22)15(2)21-11-9-20(10-12-21)13-14-24-17-7-5-16(23-3)6-8-17/h5-8,15H,4,9-14H2,1-3H3,(H,19,22)/t15-/m0/s1. The predicted molar refractivity (Wildman–Crippen MR) is 94.6 cm³/mol. The van der Waals surface area contributed by atoms with Gasteiger partial charge in [0.2, 0.25) is 5.91 Å². The summed E-state index contributed by atoms with van der Waals surface area (Å²) in [5.74, 6) is 1.81. The van der Waals surface area contributed by atoms with E-state index in [4.69, 9.17) is 9.47 Å². The highest BCUT2D eigenvalue weighted by atomic mass is 16.5. The maximum atomic E-state index is 11.9. The summed E-state index contributed by atoms with van der Waals surface area (Å²) in [5, 5.41) is 2.89. The fourth-order valence-corrected chi connectivity index (χ4v) is 2.83. The maximum absolute atomic E-state index is 11.9. The van der Waals surface area contributed by atoms with Gasteiger partial charge in [0.1, 0.15) is 18.1 Å². The van der Waals surface area contributed by atoms with Gasteiger partial charge in [-0.05, 0) is 38.1 Å². The number of amides is 1. The minimum absolute atomic E-state index is 0.0531. The lowest BCUT2D eigenvalue weighted by Gasteiger charge is -2.37. The summed E-state index contributed by atoms with van der Waals surface area (Å²) in [4.78, 5) is 16.5. The van der Waals surface area contributed by atoms with Gasteiger partial charge in [-0.1, -0.05) is 0 Å². The highest BCUT2D eigenvalue weighted by Crippen LogP contribution is 2.17. The van der Waals surface area contributed by atoms with Crippen LogP contribution in [0.5, 0.6) is 11.5 Å². The monoisotopic (exact) mass is 335 g/mol. The van der Waals surface area contributed by atoms with Crippen molar-refractivity contribution in [2.45, 2.75) is 19.9 Å². The van der Waals surface area contributed by atoms with Gasteiger partial charge in [0, 0.05) is 39.3 Å². The number of hydrogen-bond acceptors (Lipinski definition) is 5. The van der Waals surface area contributed by atoms with Crippen LogP contribution < -0.4 is 14.8 Å². The van der Waals surface area contributed by atoms with Crippen molar-refractivity contribution >= 4 is 5.91 Å². The van der Waals surface area contributed by atoms with Crippen molar-refractivity contribution in [2.24, 2.45) is 0 Å². The van der Waals surface area contributed by atoms with E-state index in [-0.39, 0.29) is 11.9 Å². The Morgan fingerprint density at radius 2 is 1.79 bits per heavy atom. The molecule has 0 radical (unpaired) electrons. The third kappa shape index (κ3) is 5.39. The van der Waals surface area contributed by atoms with Crippen LogP contribution in [0.15, 0.2) is 24.3 Å². The van der Waals surface area contributed by atoms with Gasteiger partial charge >= 0.3 is 0 Å². The second-order valence-corrected chi connectivity index (χ2v) is 5.97. The summed E-state index contributed by atoms with van der Waals surface area (Å²) in [5.41, 5.74) is 0. The zero-order valence-electron chi connectivity index (χ0n) is 15.0. The van der Waals surface area contributed by atoms with E-state index < -0.39 is 0 Å². The van der Waals surface area contributed by atoms with Crippen molar-refractivity contribution < 1.29 is 14.3 Å². The van der Waals surface area contributed by atoms with Crippen LogP contribution >= 0.6 is 0 Å². The molecule has 24 heavy (non-hydrogen) atoms. The molecule has 0 bridgehead atoms. The fourth-order valence-electron chi connectivity index (χ4n) is 2.83. The lowest BCUT2D eigenvalue weighted by molar-refractivity contribution is -0.126. The summed E-state index contributed by atoms with van der Waals surface area (Å²) in [6.07, 6.45) is 0. The topological polar surface area (TPSA) is 54.0 Å². The number of likely N-dealkylation sites (N-methyl/N-ethyl adjacent to an activating group) is 1. The Hall–Kier alpha value is -1.79. The Morgan fingerprint density at radius 1 is 1.17 bits per heavy atom. The molecule has 6 nitrogen and oxygen atoms in total. The molecule has 1 saturated heterocycles. The van der Waals surface area contributed by atoms with E-state index in [1.165, 1.54) is 0 Å². The van der Waals surface area contributed by atoms with Crippen LogP contribution in [-0.4, -0.2) is 74.7 Å². The lowest BCUT2D eigenvalue weighted by atomic mass is 10.2. The predicted octanol–water partition coefficient (Wildman–Crippen LogP) is 1.22. The highest BCUT2D eigenvalue weighted by Gasteiger charge is 2.24. The number of rotatable bonds is 8. The number of hydrogen-bond donors (Lipinski definition) is 1. The molecule has 0 saturated carbocycles. The van der Waals surface area contributed by atoms with Crippen molar-refractivity contribution in [1.29, 1.82) is 0 Å². The Labute approximate surface area is 144 Å². The van der Waals surface area contributed by atoms with Gasteiger partial charge in [-0.15, -0.1) is 0 Å². The maximum Gasteiger partial charge on any atom is 0.237 e. The van der Waals surface area contributed by atoms with Crippen LogP contribution in [0.2, 0.25) is 0 Å². The van der Waals surface area contributed by atoms with Crippen LogP contribution in [-0.2, 0) is 4.79 Å². The molecule has 1 aromatic rings. The average Bonchev–Trinajstić information content (AvgIpc) is 2.62. The summed E-state index contributed by atoms with van der Waals surface area (Å²) in [6.45, 7) is 9.95. The third-order valence-electron chi connectivity index (χ3n) is 4.42. The number of nitrogens with one attached hydrogen (secondary N) is 1. The zero-order chi connectivity index (χ0) is 17.4. The molecule has 1 heterocycles. The Kier molecular flexibility index (Phi) is 7.34. The zero-order valence-corrected chi connectivity index (χ0v) is 15.0. The molecule has 0 unspecified atom stereocenters. The molecule has 0 aliphatic carbocycles. The van der Waals surface area contributed by atoms with Crippen molar-refractivity contribution in [3.8, 4) is 11.5 Å². The third-order valence-corrected chi connectivity index (χ3v) is 4.42. The smallest absolute Gasteiger partial charge is 0.237 e. The minimum atomic E-state index is -0.0531. The van der Waals surface area contributed by atoms with E-state index >= 15 is 0 Å². The number of benzene rings is 1. The molecule has 1 aromatic carbocycles. The van der Waals surface area contributed by atoms with Gasteiger partial charge in [0.15, 0.2) is 0 Å². The van der Waals surface area contributed by atoms with E-state index in [1.807, 2.05) is 38.1 Å². The fraction of sp³-hybridized carbons (Fsp3) is 0.611. The molecule has 0 spiro atoms. The second-order valence-electron chi connectivity index (χ2n) is 5.97. The van der Waals surface area contributed by atoms with Crippen LogP contribution in [0.4, 0.5) is 0 Å². The van der Waals surface area contributed by atoms with Crippen molar-refractivity contribution in [1.82, 2.24) is 15.1 Å². The second kappa shape index (κ2) is 9.49. The first kappa shape index (κ1) is 18.5. The molecule has 1 fully saturated rings. The first-order chi connectivity index (χ1) is 11.6. The van der Waals surface area contributed by atoms with E-state index in [1.54, 1.807) is 7.11 Å². The minimum Gasteiger partial charge on any atom is -0.497 e. The van der Waals surface area contributed by atoms with E-state index in [0.29, 0.717) is 13.2 Å². The molecule has 1 amide bonds. The van der Waals surface area contributed by atoms with Crippen molar-refractivity contribution in [3.05, 3.63) is 24.3 Å². The molecule has 1 aliphatic rings. The molecule has 1 atom stereocenters. The van der Waals surface area contributed by atoms with Crippen LogP contribution in [0.3, 0.4) is 0 Å². The molecule has 2 rings (SSSR count). The summed E-state index contributed by atoms with van der Waals surface area (Å²) < 4.78 is 10.9. The van der Waals surface area contributed by atoms with Crippen LogP contribution in [0.25, 0.3) is 0 Å². The Bertz CT molecular complexity index is 499. The Morgan fingerprint density at radius 3 is 2.38 bits per heavy atom. The quantitative estimate of drug-likeness (QED) is 0.774. The van der Waals surface area contributed by atoms with Gasteiger partial charge < -0.3 is 14.8 Å². The van der Waals surface area contributed by atoms with Gasteiger partial charge in [0.05, 0.1) is 13.2 Å². The first-order valence-electron chi connectivity index (χ1n) is 8.65. The molecule has 1 N–H and O–H groups in total.